The van der Waals surface area contributed by atoms with Crippen molar-refractivity contribution in [2.24, 2.45) is 0 Å². The van der Waals surface area contributed by atoms with Gasteiger partial charge >= 0.3 is 10.2 Å². The van der Waals surface area contributed by atoms with Crippen LogP contribution in [0.25, 0.3) is 0 Å². The Bertz CT molecular complexity index is 917. The molecule has 0 radical (unpaired) electrons. The van der Waals surface area contributed by atoms with Gasteiger partial charge in [-0.25, -0.2) is 8.96 Å². The number of hydrogen-bond donors (Lipinski definition) is 0. The topological polar surface area (TPSA) is 64.4 Å². The Balaban J connectivity index is 2.38. The zero-order chi connectivity index (χ0) is 21.3. The van der Waals surface area contributed by atoms with Crippen molar-refractivity contribution in [2.45, 2.75) is 45.3 Å². The van der Waals surface area contributed by atoms with E-state index in [1.807, 2.05) is 0 Å². The summed E-state index contributed by atoms with van der Waals surface area (Å²) >= 11 is 5.89. The van der Waals surface area contributed by atoms with E-state index in [0.717, 1.165) is 0 Å². The molecule has 156 valence electrons. The molecule has 0 atom stereocenters. The van der Waals surface area contributed by atoms with Gasteiger partial charge in [-0.05, 0) is 29.3 Å². The summed E-state index contributed by atoms with van der Waals surface area (Å²) in [7, 11) is -2.79. The predicted molar refractivity (Wildman–Crippen MR) is 118 cm³/mol. The molecule has 0 saturated carbocycles. The van der Waals surface area contributed by atoms with Crippen LogP contribution in [0.15, 0.2) is 30.5 Å². The molecule has 0 spiro atoms. The summed E-state index contributed by atoms with van der Waals surface area (Å²) in [6.45, 7) is 11.1. The number of nitrogens with zero attached hydrogens (tertiary/aromatic N) is 3. The zero-order valence-corrected chi connectivity index (χ0v) is 20.2. The highest BCUT2D eigenvalue weighted by atomic mass is 35.5. The molecule has 0 unspecified atom stereocenters. The standard InChI is InChI=1S/C19H30ClN3O3SSi/c1-19(2,3)28(6,7)18-21-14-16(23(18)27(24,25)22(4)5)12-13-26-17-10-8-15(20)9-11-17/h8-11,14H,12-13H2,1-7H3. The highest BCUT2D eigenvalue weighted by Crippen LogP contribution is 2.35. The summed E-state index contributed by atoms with van der Waals surface area (Å²) in [5, 5.41) is 0.594. The fourth-order valence-electron chi connectivity index (χ4n) is 2.52. The summed E-state index contributed by atoms with van der Waals surface area (Å²) in [5.74, 6) is 0.690. The predicted octanol–water partition coefficient (Wildman–Crippen LogP) is 3.53. The molecular formula is C19H30ClN3O3SSi. The molecule has 6 nitrogen and oxygen atoms in total. The van der Waals surface area contributed by atoms with E-state index in [1.54, 1.807) is 44.6 Å². The Labute approximate surface area is 174 Å². The summed E-state index contributed by atoms with van der Waals surface area (Å²) in [4.78, 5) is 4.59. The van der Waals surface area contributed by atoms with Crippen LogP contribution in [0.3, 0.4) is 0 Å². The number of ether oxygens (including phenoxy) is 1. The molecule has 0 aliphatic carbocycles. The number of hydrogen-bond acceptors (Lipinski definition) is 4. The molecule has 1 heterocycles. The van der Waals surface area contributed by atoms with Crippen LogP contribution in [0.5, 0.6) is 5.75 Å². The van der Waals surface area contributed by atoms with Gasteiger partial charge in [0.2, 0.25) is 0 Å². The maximum absolute atomic E-state index is 13.1. The molecule has 9 heteroatoms. The number of benzene rings is 1. The first-order valence-electron chi connectivity index (χ1n) is 9.17. The second-order valence-electron chi connectivity index (χ2n) is 8.56. The Morgan fingerprint density at radius 2 is 1.75 bits per heavy atom. The van der Waals surface area contributed by atoms with Gasteiger partial charge in [-0.15, -0.1) is 0 Å². The molecule has 0 aliphatic heterocycles. The van der Waals surface area contributed by atoms with Crippen LogP contribution < -0.4 is 10.2 Å². The van der Waals surface area contributed by atoms with E-state index in [-0.39, 0.29) is 5.04 Å². The van der Waals surface area contributed by atoms with E-state index >= 15 is 0 Å². The quantitative estimate of drug-likeness (QED) is 0.614. The maximum Gasteiger partial charge on any atom is 0.308 e. The van der Waals surface area contributed by atoms with Gasteiger partial charge in [0.05, 0.1) is 12.3 Å². The minimum Gasteiger partial charge on any atom is -0.493 e. The summed E-state index contributed by atoms with van der Waals surface area (Å²) in [6.07, 6.45) is 2.10. The average molecular weight is 444 g/mol. The van der Waals surface area contributed by atoms with Crippen LogP contribution in [0.1, 0.15) is 26.5 Å². The van der Waals surface area contributed by atoms with Crippen molar-refractivity contribution in [1.29, 1.82) is 0 Å². The van der Waals surface area contributed by atoms with Gasteiger partial charge in [-0.2, -0.15) is 12.7 Å². The normalized spacial score (nSPS) is 13.2. The largest absolute Gasteiger partial charge is 0.493 e. The van der Waals surface area contributed by atoms with Crippen molar-refractivity contribution in [1.82, 2.24) is 13.3 Å². The number of rotatable bonds is 7. The molecule has 0 bridgehead atoms. The molecule has 1 aromatic heterocycles. The first kappa shape index (κ1) is 22.9. The van der Waals surface area contributed by atoms with E-state index < -0.39 is 18.3 Å². The number of aromatic nitrogens is 2. The molecule has 0 aliphatic rings. The molecule has 0 saturated heterocycles. The first-order valence-corrected chi connectivity index (χ1v) is 13.9. The Morgan fingerprint density at radius 1 is 1.18 bits per heavy atom. The third-order valence-corrected chi connectivity index (χ3v) is 12.8. The third kappa shape index (κ3) is 4.62. The highest BCUT2D eigenvalue weighted by Gasteiger charge is 2.43. The molecule has 28 heavy (non-hydrogen) atoms. The zero-order valence-electron chi connectivity index (χ0n) is 17.7. The van der Waals surface area contributed by atoms with Gasteiger partial charge in [0.25, 0.3) is 0 Å². The molecule has 0 fully saturated rings. The third-order valence-electron chi connectivity index (χ3n) is 5.36. The molecule has 0 N–H and O–H groups in total. The minimum atomic E-state index is -3.69. The second-order valence-corrected chi connectivity index (χ2v) is 16.2. The number of imidazole rings is 1. The summed E-state index contributed by atoms with van der Waals surface area (Å²) in [5.41, 5.74) is 1.29. The van der Waals surface area contributed by atoms with E-state index in [4.69, 9.17) is 16.3 Å². The van der Waals surface area contributed by atoms with Crippen molar-refractivity contribution in [2.75, 3.05) is 20.7 Å². The van der Waals surface area contributed by atoms with Gasteiger partial charge in [-0.1, -0.05) is 45.5 Å². The van der Waals surface area contributed by atoms with Crippen LogP contribution in [0.2, 0.25) is 23.2 Å². The van der Waals surface area contributed by atoms with Gasteiger partial charge < -0.3 is 4.74 Å². The van der Waals surface area contributed by atoms with E-state index in [2.05, 4.69) is 38.8 Å². The smallest absolute Gasteiger partial charge is 0.308 e. The second kappa shape index (κ2) is 8.18. The fraction of sp³-hybridized carbons (Fsp3) is 0.526. The van der Waals surface area contributed by atoms with Crippen molar-refractivity contribution in [3.63, 3.8) is 0 Å². The van der Waals surface area contributed by atoms with Crippen LogP contribution in [-0.4, -0.2) is 50.5 Å². The SMILES string of the molecule is CN(C)S(=O)(=O)n1c(CCOc2ccc(Cl)cc2)cnc1[Si](C)(C)C(C)(C)C. The molecule has 2 rings (SSSR count). The Hall–Kier alpha value is -1.35. The van der Waals surface area contributed by atoms with Gasteiger partial charge in [0.1, 0.15) is 19.3 Å². The Morgan fingerprint density at radius 3 is 2.25 bits per heavy atom. The van der Waals surface area contributed by atoms with Gasteiger partial charge in [0, 0.05) is 31.7 Å². The van der Waals surface area contributed by atoms with Crippen molar-refractivity contribution < 1.29 is 13.2 Å². The van der Waals surface area contributed by atoms with Crippen LogP contribution in [0.4, 0.5) is 0 Å². The van der Waals surface area contributed by atoms with E-state index in [9.17, 15) is 8.42 Å². The number of halogens is 1. The lowest BCUT2D eigenvalue weighted by molar-refractivity contribution is 0.320. The van der Waals surface area contributed by atoms with Crippen LogP contribution >= 0.6 is 11.6 Å². The lowest BCUT2D eigenvalue weighted by Crippen LogP contribution is -2.56. The summed E-state index contributed by atoms with van der Waals surface area (Å²) < 4.78 is 34.6. The lowest BCUT2D eigenvalue weighted by Gasteiger charge is -2.36. The van der Waals surface area contributed by atoms with E-state index in [1.165, 1.54) is 8.28 Å². The van der Waals surface area contributed by atoms with Crippen molar-refractivity contribution in [3.05, 3.63) is 41.2 Å². The fourth-order valence-corrected chi connectivity index (χ4v) is 6.41. The molecule has 0 amide bonds. The summed E-state index contributed by atoms with van der Waals surface area (Å²) in [6, 6.07) is 7.09. The molecular weight excluding hydrogens is 414 g/mol. The monoisotopic (exact) mass is 443 g/mol. The highest BCUT2D eigenvalue weighted by molar-refractivity contribution is 7.87. The Kier molecular flexibility index (Phi) is 6.70. The molecule has 1 aromatic carbocycles. The molecule has 2 aromatic rings. The van der Waals surface area contributed by atoms with Crippen molar-refractivity contribution >= 4 is 35.3 Å². The van der Waals surface area contributed by atoms with Gasteiger partial charge in [-0.3, -0.25) is 0 Å². The van der Waals surface area contributed by atoms with Crippen LogP contribution in [0, 0.1) is 0 Å². The van der Waals surface area contributed by atoms with E-state index in [0.29, 0.717) is 34.9 Å². The lowest BCUT2D eigenvalue weighted by atomic mass is 10.2. The first-order chi connectivity index (χ1) is 12.8. The minimum absolute atomic E-state index is 0.0466. The maximum atomic E-state index is 13.1. The van der Waals surface area contributed by atoms with Gasteiger partial charge in [0.15, 0.2) is 0 Å². The van der Waals surface area contributed by atoms with Crippen molar-refractivity contribution in [3.8, 4) is 5.75 Å². The van der Waals surface area contributed by atoms with Crippen LogP contribution in [-0.2, 0) is 16.6 Å². The average Bonchev–Trinajstić information content (AvgIpc) is 3.01.